The van der Waals surface area contributed by atoms with Crippen LogP contribution in [-0.2, 0) is 14.8 Å². The second-order valence-corrected chi connectivity index (χ2v) is 11.5. The first-order chi connectivity index (χ1) is 13.7. The summed E-state index contributed by atoms with van der Waals surface area (Å²) in [5.41, 5.74) is -0.0309. The van der Waals surface area contributed by atoms with E-state index in [-0.39, 0.29) is 16.2 Å². The molecule has 160 valence electrons. The smallest absolute Gasteiger partial charge is 0.243 e. The maximum atomic E-state index is 12.8. The Bertz CT molecular complexity index is 863. The molecule has 4 aliphatic rings. The van der Waals surface area contributed by atoms with Gasteiger partial charge in [-0.05, 0) is 80.0 Å². The standard InChI is InChI=1S/C22H32N2O4S/c1-3-24(4-2)29(27,28)19-7-5-18(6-8-19)23-20(25)14-21-10-16-9-17(11-21)13-22(26,12-16)15-21/h5-8,16-17,26H,3-4,9-15H2,1-2H3,(H,23,25)/t16-,17+,21?,22?. The molecule has 0 spiro atoms. The average molecular weight is 421 g/mol. The van der Waals surface area contributed by atoms with Crippen LogP contribution in [0.2, 0.25) is 0 Å². The second-order valence-electron chi connectivity index (χ2n) is 9.52. The van der Waals surface area contributed by atoms with E-state index in [1.54, 1.807) is 24.3 Å². The molecule has 0 saturated heterocycles. The fourth-order valence-corrected chi connectivity index (χ4v) is 8.04. The number of amides is 1. The molecule has 4 atom stereocenters. The van der Waals surface area contributed by atoms with Gasteiger partial charge in [0.05, 0.1) is 10.5 Å². The van der Waals surface area contributed by atoms with Gasteiger partial charge in [0.1, 0.15) is 0 Å². The highest BCUT2D eigenvalue weighted by atomic mass is 32.2. The summed E-state index contributed by atoms with van der Waals surface area (Å²) in [7, 11) is -3.50. The summed E-state index contributed by atoms with van der Waals surface area (Å²) in [6, 6.07) is 6.41. The molecule has 4 fully saturated rings. The zero-order valence-electron chi connectivity index (χ0n) is 17.4. The van der Waals surface area contributed by atoms with E-state index in [0.717, 1.165) is 32.1 Å². The predicted molar refractivity (Wildman–Crippen MR) is 112 cm³/mol. The lowest BCUT2D eigenvalue weighted by Gasteiger charge is -2.60. The molecule has 4 bridgehead atoms. The Hall–Kier alpha value is -1.44. The quantitative estimate of drug-likeness (QED) is 0.708. The Labute approximate surface area is 173 Å². The fraction of sp³-hybridized carbons (Fsp3) is 0.682. The lowest BCUT2D eigenvalue weighted by Crippen LogP contribution is -2.56. The van der Waals surface area contributed by atoms with Crippen molar-refractivity contribution in [3.8, 4) is 0 Å². The topological polar surface area (TPSA) is 86.7 Å². The predicted octanol–water partition coefficient (Wildman–Crippen LogP) is 3.38. The van der Waals surface area contributed by atoms with Crippen LogP contribution in [0.4, 0.5) is 5.69 Å². The number of rotatable bonds is 7. The minimum Gasteiger partial charge on any atom is -0.390 e. The van der Waals surface area contributed by atoms with E-state index in [1.165, 1.54) is 10.7 Å². The van der Waals surface area contributed by atoms with Gasteiger partial charge in [-0.2, -0.15) is 4.31 Å². The number of sulfonamides is 1. The van der Waals surface area contributed by atoms with Crippen LogP contribution in [0.3, 0.4) is 0 Å². The minimum atomic E-state index is -3.50. The van der Waals surface area contributed by atoms with Crippen LogP contribution in [0.15, 0.2) is 29.2 Å². The van der Waals surface area contributed by atoms with E-state index in [4.69, 9.17) is 0 Å². The van der Waals surface area contributed by atoms with Gasteiger partial charge < -0.3 is 10.4 Å². The van der Waals surface area contributed by atoms with Crippen molar-refractivity contribution in [3.63, 3.8) is 0 Å². The fourth-order valence-electron chi connectivity index (χ4n) is 6.58. The van der Waals surface area contributed by atoms with Crippen molar-refractivity contribution in [1.82, 2.24) is 4.31 Å². The van der Waals surface area contributed by atoms with Gasteiger partial charge in [-0.25, -0.2) is 8.42 Å². The molecule has 1 amide bonds. The van der Waals surface area contributed by atoms with E-state index in [2.05, 4.69) is 5.32 Å². The number of hydrogen-bond donors (Lipinski definition) is 2. The Balaban J connectivity index is 1.42. The van der Waals surface area contributed by atoms with E-state index in [1.807, 2.05) is 13.8 Å². The lowest BCUT2D eigenvalue weighted by atomic mass is 9.47. The molecule has 5 rings (SSSR count). The number of hydrogen-bond acceptors (Lipinski definition) is 4. The number of carbonyl (C=O) groups is 1. The van der Waals surface area contributed by atoms with Gasteiger partial charge in [0.15, 0.2) is 0 Å². The van der Waals surface area contributed by atoms with Crippen molar-refractivity contribution in [1.29, 1.82) is 0 Å². The summed E-state index contributed by atoms with van der Waals surface area (Å²) >= 11 is 0. The molecule has 2 unspecified atom stereocenters. The molecule has 2 N–H and O–H groups in total. The lowest BCUT2D eigenvalue weighted by molar-refractivity contribution is -0.167. The van der Waals surface area contributed by atoms with Crippen LogP contribution in [0.25, 0.3) is 0 Å². The maximum Gasteiger partial charge on any atom is 0.243 e. The summed E-state index contributed by atoms with van der Waals surface area (Å²) in [5, 5.41) is 13.8. The van der Waals surface area contributed by atoms with Crippen molar-refractivity contribution in [3.05, 3.63) is 24.3 Å². The van der Waals surface area contributed by atoms with Gasteiger partial charge in [0, 0.05) is 25.2 Å². The number of nitrogens with one attached hydrogen (secondary N) is 1. The molecule has 1 aromatic rings. The molecule has 4 aliphatic carbocycles. The number of anilines is 1. The van der Waals surface area contributed by atoms with Crippen molar-refractivity contribution >= 4 is 21.6 Å². The van der Waals surface area contributed by atoms with Gasteiger partial charge in [0.25, 0.3) is 0 Å². The normalized spacial score (nSPS) is 33.2. The number of nitrogens with zero attached hydrogens (tertiary/aromatic N) is 1. The first kappa shape index (κ1) is 20.8. The monoisotopic (exact) mass is 420 g/mol. The van der Waals surface area contributed by atoms with Crippen molar-refractivity contribution in [2.45, 2.75) is 69.3 Å². The summed E-state index contributed by atoms with van der Waals surface area (Å²) in [5.74, 6) is 1.06. The van der Waals surface area contributed by atoms with Crippen molar-refractivity contribution < 1.29 is 18.3 Å². The minimum absolute atomic E-state index is 0.0464. The molecule has 6 nitrogen and oxygen atoms in total. The van der Waals surface area contributed by atoms with Gasteiger partial charge in [-0.3, -0.25) is 4.79 Å². The van der Waals surface area contributed by atoms with Gasteiger partial charge in [-0.1, -0.05) is 13.8 Å². The third kappa shape index (κ3) is 3.97. The highest BCUT2D eigenvalue weighted by Crippen LogP contribution is 2.62. The molecule has 7 heteroatoms. The molecule has 0 aromatic heterocycles. The largest absolute Gasteiger partial charge is 0.390 e. The van der Waals surface area contributed by atoms with Crippen LogP contribution >= 0.6 is 0 Å². The van der Waals surface area contributed by atoms with E-state index in [0.29, 0.717) is 37.0 Å². The summed E-state index contributed by atoms with van der Waals surface area (Å²) in [6.07, 6.45) is 6.25. The first-order valence-electron chi connectivity index (χ1n) is 10.8. The first-order valence-corrected chi connectivity index (χ1v) is 12.2. The zero-order valence-corrected chi connectivity index (χ0v) is 18.2. The SMILES string of the molecule is CCN(CC)S(=O)(=O)c1ccc(NC(=O)CC23C[C@@H]4C[C@@H](CC(O)(C4)C2)C3)cc1. The van der Waals surface area contributed by atoms with Crippen molar-refractivity contribution in [2.24, 2.45) is 17.3 Å². The molecule has 1 aromatic carbocycles. The molecule has 4 saturated carbocycles. The van der Waals surface area contributed by atoms with Gasteiger partial charge >= 0.3 is 0 Å². The highest BCUT2D eigenvalue weighted by Gasteiger charge is 2.57. The average Bonchev–Trinajstić information content (AvgIpc) is 2.60. The van der Waals surface area contributed by atoms with Crippen LogP contribution in [0.5, 0.6) is 0 Å². The van der Waals surface area contributed by atoms with Crippen LogP contribution in [0.1, 0.15) is 58.8 Å². The van der Waals surface area contributed by atoms with Crippen LogP contribution in [-0.4, -0.2) is 42.4 Å². The number of aliphatic hydroxyl groups is 1. The highest BCUT2D eigenvalue weighted by molar-refractivity contribution is 7.89. The summed E-state index contributed by atoms with van der Waals surface area (Å²) in [6.45, 7) is 4.48. The summed E-state index contributed by atoms with van der Waals surface area (Å²) < 4.78 is 26.6. The van der Waals surface area contributed by atoms with Crippen LogP contribution < -0.4 is 5.32 Å². The Morgan fingerprint density at radius 3 is 2.21 bits per heavy atom. The van der Waals surface area contributed by atoms with E-state index >= 15 is 0 Å². The third-order valence-electron chi connectivity index (χ3n) is 7.17. The molecule has 0 heterocycles. The molecule has 29 heavy (non-hydrogen) atoms. The Morgan fingerprint density at radius 1 is 1.10 bits per heavy atom. The van der Waals surface area contributed by atoms with E-state index in [9.17, 15) is 18.3 Å². The molecular weight excluding hydrogens is 388 g/mol. The zero-order chi connectivity index (χ0) is 20.9. The molecule has 0 radical (unpaired) electrons. The molecule has 0 aliphatic heterocycles. The maximum absolute atomic E-state index is 12.8. The van der Waals surface area contributed by atoms with Crippen LogP contribution in [0, 0.1) is 17.3 Å². The second kappa shape index (κ2) is 7.36. The van der Waals surface area contributed by atoms with E-state index < -0.39 is 15.6 Å². The number of benzene rings is 1. The van der Waals surface area contributed by atoms with Gasteiger partial charge in [0.2, 0.25) is 15.9 Å². The third-order valence-corrected chi connectivity index (χ3v) is 9.23. The Kier molecular flexibility index (Phi) is 5.28. The van der Waals surface area contributed by atoms with Crippen molar-refractivity contribution in [2.75, 3.05) is 18.4 Å². The number of carbonyl (C=O) groups excluding carboxylic acids is 1. The Morgan fingerprint density at radius 2 is 1.69 bits per heavy atom. The van der Waals surface area contributed by atoms with Gasteiger partial charge in [-0.15, -0.1) is 0 Å². The molecular formula is C22H32N2O4S. The summed E-state index contributed by atoms with van der Waals surface area (Å²) in [4.78, 5) is 13.0.